The van der Waals surface area contributed by atoms with Crippen molar-refractivity contribution in [1.82, 2.24) is 0 Å². The molecule has 2 nitrogen and oxygen atoms in total. The lowest BCUT2D eigenvalue weighted by atomic mass is 9.47. The lowest BCUT2D eigenvalue weighted by Crippen LogP contribution is -2.51. The normalized spacial score (nSPS) is 50.3. The summed E-state index contributed by atoms with van der Waals surface area (Å²) in [5, 5.41) is 10.4. The van der Waals surface area contributed by atoms with E-state index < -0.39 is 0 Å². The Hall–Kier alpha value is -0.630. The molecular formula is C20H32O2. The van der Waals surface area contributed by atoms with E-state index in [4.69, 9.17) is 0 Å². The number of fused-ring (bicyclic) bond motifs is 5. The molecule has 0 saturated heterocycles. The SMILES string of the molecule is C.C[C@]12CCC3C(CCC4=CC(=O)CC[C@@]43C)[C@@H]1CC[C@@H]2O. The van der Waals surface area contributed by atoms with Gasteiger partial charge in [0.15, 0.2) is 5.78 Å². The molecule has 2 heteroatoms. The standard InChI is InChI=1S/C19H28O2.CH4/c1-18-9-7-13(20)11-12(18)3-4-14-15-5-6-17(21)19(15,2)10-8-16(14)18;/h11,14-17,21H,3-10H2,1-2H3;1H4/t14?,15-,16?,17-,18-,19-;/m0./s1. The van der Waals surface area contributed by atoms with Gasteiger partial charge in [-0.05, 0) is 79.6 Å². The lowest BCUT2D eigenvalue weighted by Gasteiger charge is -2.57. The molecule has 2 unspecified atom stereocenters. The summed E-state index contributed by atoms with van der Waals surface area (Å²) in [5.74, 6) is 2.57. The molecule has 3 fully saturated rings. The van der Waals surface area contributed by atoms with Crippen LogP contribution in [0.1, 0.15) is 72.6 Å². The van der Waals surface area contributed by atoms with Crippen LogP contribution in [0.15, 0.2) is 11.6 Å². The first-order valence-corrected chi connectivity index (χ1v) is 8.87. The average Bonchev–Trinajstić information content (AvgIpc) is 2.76. The van der Waals surface area contributed by atoms with E-state index in [2.05, 4.69) is 13.8 Å². The Bertz CT molecular complexity index is 508. The highest BCUT2D eigenvalue weighted by molar-refractivity contribution is 5.91. The molecule has 6 atom stereocenters. The van der Waals surface area contributed by atoms with Crippen LogP contribution in [-0.4, -0.2) is 17.0 Å². The molecule has 0 heterocycles. The number of allylic oxidation sites excluding steroid dienone is 1. The molecule has 4 aliphatic rings. The Morgan fingerprint density at radius 1 is 1.05 bits per heavy atom. The molecule has 0 bridgehead atoms. The number of hydrogen-bond acceptors (Lipinski definition) is 2. The second kappa shape index (κ2) is 5.19. The molecule has 4 rings (SSSR count). The van der Waals surface area contributed by atoms with Crippen molar-refractivity contribution in [3.05, 3.63) is 11.6 Å². The van der Waals surface area contributed by atoms with Crippen LogP contribution in [0.2, 0.25) is 0 Å². The maximum Gasteiger partial charge on any atom is 0.155 e. The van der Waals surface area contributed by atoms with Gasteiger partial charge < -0.3 is 5.11 Å². The summed E-state index contributed by atoms with van der Waals surface area (Å²) in [7, 11) is 0. The number of hydrogen-bond donors (Lipinski definition) is 1. The zero-order valence-corrected chi connectivity index (χ0v) is 13.4. The van der Waals surface area contributed by atoms with Gasteiger partial charge in [-0.15, -0.1) is 0 Å². The van der Waals surface area contributed by atoms with Gasteiger partial charge in [-0.3, -0.25) is 4.79 Å². The molecule has 0 aromatic heterocycles. The Morgan fingerprint density at radius 3 is 2.59 bits per heavy atom. The fourth-order valence-electron chi connectivity index (χ4n) is 6.53. The third kappa shape index (κ3) is 1.99. The highest BCUT2D eigenvalue weighted by Crippen LogP contribution is 2.65. The number of carbonyl (C=O) groups is 1. The van der Waals surface area contributed by atoms with Crippen molar-refractivity contribution in [3.8, 4) is 0 Å². The highest BCUT2D eigenvalue weighted by atomic mass is 16.3. The molecule has 0 aromatic carbocycles. The van der Waals surface area contributed by atoms with Gasteiger partial charge in [0, 0.05) is 6.42 Å². The zero-order valence-electron chi connectivity index (χ0n) is 13.4. The van der Waals surface area contributed by atoms with Gasteiger partial charge >= 0.3 is 0 Å². The van der Waals surface area contributed by atoms with E-state index in [-0.39, 0.29) is 24.4 Å². The van der Waals surface area contributed by atoms with Crippen molar-refractivity contribution < 1.29 is 9.90 Å². The van der Waals surface area contributed by atoms with E-state index in [1.165, 1.54) is 31.3 Å². The number of ketones is 1. The van der Waals surface area contributed by atoms with Gasteiger partial charge in [0.25, 0.3) is 0 Å². The quantitative estimate of drug-likeness (QED) is 0.714. The van der Waals surface area contributed by atoms with Gasteiger partial charge in [-0.2, -0.15) is 0 Å². The average molecular weight is 304 g/mol. The topological polar surface area (TPSA) is 37.3 Å². The monoisotopic (exact) mass is 304 g/mol. The smallest absolute Gasteiger partial charge is 0.155 e. The third-order valence-corrected chi connectivity index (χ3v) is 7.91. The molecule has 0 aromatic rings. The van der Waals surface area contributed by atoms with Crippen LogP contribution in [0.3, 0.4) is 0 Å². The molecule has 0 aliphatic heterocycles. The van der Waals surface area contributed by atoms with Crippen molar-refractivity contribution in [3.63, 3.8) is 0 Å². The zero-order chi connectivity index (χ0) is 14.8. The molecule has 3 saturated carbocycles. The minimum atomic E-state index is -0.0823. The summed E-state index contributed by atoms with van der Waals surface area (Å²) in [5.41, 5.74) is 1.89. The fourth-order valence-corrected chi connectivity index (χ4v) is 6.53. The molecule has 22 heavy (non-hydrogen) atoms. The molecule has 0 spiro atoms. The molecule has 124 valence electrons. The number of aliphatic hydroxyl groups excluding tert-OH is 1. The Labute approximate surface area is 135 Å². The van der Waals surface area contributed by atoms with Crippen molar-refractivity contribution in [2.75, 3.05) is 0 Å². The van der Waals surface area contributed by atoms with Crippen LogP contribution in [-0.2, 0) is 4.79 Å². The van der Waals surface area contributed by atoms with Gasteiger partial charge in [0.1, 0.15) is 0 Å². The largest absolute Gasteiger partial charge is 0.393 e. The van der Waals surface area contributed by atoms with E-state index >= 15 is 0 Å². The molecule has 0 amide bonds. The molecule has 4 aliphatic carbocycles. The Balaban J connectivity index is 0.00000144. The second-order valence-electron chi connectivity index (χ2n) is 8.61. The van der Waals surface area contributed by atoms with E-state index in [9.17, 15) is 9.90 Å². The van der Waals surface area contributed by atoms with E-state index in [1.54, 1.807) is 0 Å². The number of carbonyl (C=O) groups excluding carboxylic acids is 1. The van der Waals surface area contributed by atoms with Crippen molar-refractivity contribution in [2.24, 2.45) is 28.6 Å². The van der Waals surface area contributed by atoms with E-state index in [0.29, 0.717) is 11.7 Å². The first-order chi connectivity index (χ1) is 9.95. The van der Waals surface area contributed by atoms with Gasteiger partial charge in [-0.1, -0.05) is 26.8 Å². The summed E-state index contributed by atoms with van der Waals surface area (Å²) in [6.07, 6.45) is 10.7. The summed E-state index contributed by atoms with van der Waals surface area (Å²) in [6.45, 7) is 4.76. The van der Waals surface area contributed by atoms with Crippen LogP contribution in [0.5, 0.6) is 0 Å². The van der Waals surface area contributed by atoms with Crippen LogP contribution < -0.4 is 0 Å². The third-order valence-electron chi connectivity index (χ3n) is 7.91. The van der Waals surface area contributed by atoms with Crippen LogP contribution in [0, 0.1) is 28.6 Å². The van der Waals surface area contributed by atoms with Gasteiger partial charge in [0.2, 0.25) is 0 Å². The predicted octanol–water partition coefficient (Wildman–Crippen LogP) is 4.52. The molecular weight excluding hydrogens is 272 g/mol. The van der Waals surface area contributed by atoms with Crippen molar-refractivity contribution >= 4 is 5.78 Å². The molecule has 1 N–H and O–H groups in total. The maximum atomic E-state index is 11.8. The minimum absolute atomic E-state index is 0. The van der Waals surface area contributed by atoms with Crippen LogP contribution in [0.25, 0.3) is 0 Å². The first-order valence-electron chi connectivity index (χ1n) is 8.87. The molecule has 0 radical (unpaired) electrons. The summed E-state index contributed by atoms with van der Waals surface area (Å²) in [6, 6.07) is 0. The predicted molar refractivity (Wildman–Crippen MR) is 89.4 cm³/mol. The highest BCUT2D eigenvalue weighted by Gasteiger charge is 2.58. The number of rotatable bonds is 0. The lowest BCUT2D eigenvalue weighted by molar-refractivity contribution is -0.118. The van der Waals surface area contributed by atoms with Crippen molar-refractivity contribution in [1.29, 1.82) is 0 Å². The van der Waals surface area contributed by atoms with Crippen LogP contribution >= 0.6 is 0 Å². The number of aliphatic hydroxyl groups is 1. The summed E-state index contributed by atoms with van der Waals surface area (Å²) < 4.78 is 0. The Morgan fingerprint density at radius 2 is 1.82 bits per heavy atom. The van der Waals surface area contributed by atoms with Gasteiger partial charge in [0.05, 0.1) is 6.10 Å². The van der Waals surface area contributed by atoms with E-state index in [0.717, 1.165) is 37.5 Å². The Kier molecular flexibility index (Phi) is 3.83. The first kappa shape index (κ1) is 16.2. The summed E-state index contributed by atoms with van der Waals surface area (Å²) in [4.78, 5) is 11.8. The second-order valence-corrected chi connectivity index (χ2v) is 8.61. The maximum absolute atomic E-state index is 11.8. The fraction of sp³-hybridized carbons (Fsp3) is 0.850. The van der Waals surface area contributed by atoms with Gasteiger partial charge in [-0.25, -0.2) is 0 Å². The van der Waals surface area contributed by atoms with Crippen LogP contribution in [0.4, 0.5) is 0 Å². The van der Waals surface area contributed by atoms with Crippen molar-refractivity contribution in [2.45, 2.75) is 78.7 Å². The minimum Gasteiger partial charge on any atom is -0.393 e. The summed E-state index contributed by atoms with van der Waals surface area (Å²) >= 11 is 0. The van der Waals surface area contributed by atoms with E-state index in [1.807, 2.05) is 6.08 Å².